The topological polar surface area (TPSA) is 102 Å². The molecule has 0 radical (unpaired) electrons. The van der Waals surface area contributed by atoms with Crippen molar-refractivity contribution in [1.82, 2.24) is 24.2 Å². The fourth-order valence-electron chi connectivity index (χ4n) is 3.79. The minimum Gasteiger partial charge on any atom is -0.466 e. The van der Waals surface area contributed by atoms with Gasteiger partial charge in [0.15, 0.2) is 0 Å². The van der Waals surface area contributed by atoms with Gasteiger partial charge < -0.3 is 14.6 Å². The monoisotopic (exact) mass is 409 g/mol. The highest BCUT2D eigenvalue weighted by Crippen LogP contribution is 2.26. The van der Waals surface area contributed by atoms with E-state index in [-0.39, 0.29) is 29.4 Å². The largest absolute Gasteiger partial charge is 0.466 e. The van der Waals surface area contributed by atoms with Crippen LogP contribution in [-0.4, -0.2) is 50.3 Å². The van der Waals surface area contributed by atoms with E-state index in [0.717, 1.165) is 11.3 Å². The number of amides is 2. The first-order valence-electron chi connectivity index (χ1n) is 9.67. The predicted octanol–water partition coefficient (Wildman–Crippen LogP) is 1.52. The third-order valence-electron chi connectivity index (χ3n) is 5.31. The Bertz CT molecular complexity index is 1230. The number of allylic oxidation sites excluding steroid dienone is 1. The van der Waals surface area contributed by atoms with Crippen LogP contribution in [0.5, 0.6) is 0 Å². The van der Waals surface area contributed by atoms with Crippen LogP contribution in [0.15, 0.2) is 40.3 Å². The molecule has 1 saturated heterocycles. The van der Waals surface area contributed by atoms with Crippen molar-refractivity contribution in [2.45, 2.75) is 32.9 Å². The molecule has 1 aliphatic heterocycles. The normalized spacial score (nSPS) is 16.4. The maximum atomic E-state index is 13.1. The minimum atomic E-state index is -0.572. The number of likely N-dealkylation sites (tertiary alicyclic amines) is 1. The number of nitrogens with one attached hydrogen (secondary N) is 1. The Morgan fingerprint density at radius 3 is 2.73 bits per heavy atom. The number of likely N-dealkylation sites (N-methyl/N-ethyl adjacent to an activating group) is 1. The average molecular weight is 409 g/mol. The van der Waals surface area contributed by atoms with Crippen molar-refractivity contribution in [2.24, 2.45) is 0 Å². The van der Waals surface area contributed by atoms with Crippen LogP contribution in [0.1, 0.15) is 28.4 Å². The van der Waals surface area contributed by atoms with Crippen LogP contribution in [0.25, 0.3) is 16.9 Å². The van der Waals surface area contributed by atoms with Gasteiger partial charge in [0.05, 0.1) is 5.69 Å². The lowest BCUT2D eigenvalue weighted by Crippen LogP contribution is -2.40. The number of imidazole rings is 1. The maximum Gasteiger partial charge on any atom is 0.295 e. The van der Waals surface area contributed by atoms with Gasteiger partial charge in [-0.1, -0.05) is 6.08 Å². The summed E-state index contributed by atoms with van der Waals surface area (Å²) in [5, 5.41) is 2.71. The van der Waals surface area contributed by atoms with E-state index >= 15 is 0 Å². The highest BCUT2D eigenvalue weighted by atomic mass is 16.3. The minimum absolute atomic E-state index is 0.0804. The Morgan fingerprint density at radius 2 is 2.13 bits per heavy atom. The number of furan rings is 1. The van der Waals surface area contributed by atoms with E-state index in [4.69, 9.17) is 4.42 Å². The fourth-order valence-corrected chi connectivity index (χ4v) is 3.79. The summed E-state index contributed by atoms with van der Waals surface area (Å²) in [6, 6.07) is 1.29. The second-order valence-electron chi connectivity index (χ2n) is 7.48. The van der Waals surface area contributed by atoms with E-state index in [1.807, 2.05) is 19.9 Å². The SMILES string of the molecule is C=CCn1c(-c2cc(C)oc2C)cn2cc(C(=O)N[C@@H]3CCN(C)C3=O)nc2c1=O. The van der Waals surface area contributed by atoms with Crippen molar-refractivity contribution in [3.63, 3.8) is 0 Å². The number of aryl methyl sites for hydroxylation is 2. The van der Waals surface area contributed by atoms with Crippen molar-refractivity contribution < 1.29 is 14.0 Å². The number of fused-ring (bicyclic) bond motifs is 1. The van der Waals surface area contributed by atoms with Gasteiger partial charge in [-0.2, -0.15) is 0 Å². The van der Waals surface area contributed by atoms with Crippen molar-refractivity contribution in [3.05, 3.63) is 58.7 Å². The Hall–Kier alpha value is -3.62. The molecule has 1 fully saturated rings. The summed E-state index contributed by atoms with van der Waals surface area (Å²) in [6.45, 7) is 8.28. The number of carbonyl (C=O) groups is 2. The number of nitrogens with zero attached hydrogens (tertiary/aromatic N) is 4. The molecular weight excluding hydrogens is 386 g/mol. The van der Waals surface area contributed by atoms with Gasteiger partial charge in [-0.15, -0.1) is 6.58 Å². The quantitative estimate of drug-likeness (QED) is 0.644. The summed E-state index contributed by atoms with van der Waals surface area (Å²) < 4.78 is 8.71. The zero-order valence-electron chi connectivity index (χ0n) is 17.1. The van der Waals surface area contributed by atoms with Gasteiger partial charge in [-0.05, 0) is 26.3 Å². The standard InChI is InChI=1S/C21H23N5O4/c1-5-7-26-17(14-9-12(2)30-13(14)3)11-25-10-16(22-18(25)21(26)29)19(27)23-15-6-8-24(4)20(15)28/h5,9-11,15H,1,6-8H2,2-4H3,(H,23,27)/t15-/m1/s1. The van der Waals surface area contributed by atoms with Crippen molar-refractivity contribution in [1.29, 1.82) is 0 Å². The predicted molar refractivity (Wildman–Crippen MR) is 110 cm³/mol. The van der Waals surface area contributed by atoms with Crippen LogP contribution in [0, 0.1) is 13.8 Å². The van der Waals surface area contributed by atoms with Gasteiger partial charge in [-0.25, -0.2) is 4.98 Å². The van der Waals surface area contributed by atoms with Gasteiger partial charge in [0.25, 0.3) is 11.5 Å². The molecule has 0 saturated carbocycles. The fraction of sp³-hybridized carbons (Fsp3) is 0.333. The second kappa shape index (κ2) is 7.33. The lowest BCUT2D eigenvalue weighted by Gasteiger charge is -2.11. The van der Waals surface area contributed by atoms with Crippen LogP contribution in [0.3, 0.4) is 0 Å². The molecule has 30 heavy (non-hydrogen) atoms. The molecule has 1 N–H and O–H groups in total. The zero-order chi connectivity index (χ0) is 21.6. The Morgan fingerprint density at radius 1 is 1.37 bits per heavy atom. The molecule has 1 aliphatic rings. The van der Waals surface area contributed by atoms with Gasteiger partial charge >= 0.3 is 0 Å². The van der Waals surface area contributed by atoms with Crippen molar-refractivity contribution in [2.75, 3.05) is 13.6 Å². The third kappa shape index (κ3) is 3.22. The summed E-state index contributed by atoms with van der Waals surface area (Å²) in [7, 11) is 1.70. The first-order valence-corrected chi connectivity index (χ1v) is 9.67. The lowest BCUT2D eigenvalue weighted by atomic mass is 10.2. The molecule has 4 heterocycles. The van der Waals surface area contributed by atoms with Gasteiger partial charge in [0.2, 0.25) is 11.6 Å². The third-order valence-corrected chi connectivity index (χ3v) is 5.31. The first kappa shape index (κ1) is 19.7. The number of hydrogen-bond acceptors (Lipinski definition) is 5. The van der Waals surface area contributed by atoms with E-state index < -0.39 is 11.9 Å². The molecule has 0 aliphatic carbocycles. The number of hydrogen-bond donors (Lipinski definition) is 1. The van der Waals surface area contributed by atoms with E-state index in [1.165, 1.54) is 10.6 Å². The molecule has 1 atom stereocenters. The Labute approximate surface area is 172 Å². The molecule has 9 nitrogen and oxygen atoms in total. The molecule has 0 aromatic carbocycles. The Balaban J connectivity index is 1.77. The number of aromatic nitrogens is 3. The molecular formula is C21H23N5O4. The number of carbonyl (C=O) groups excluding carboxylic acids is 2. The maximum absolute atomic E-state index is 13.1. The summed E-state index contributed by atoms with van der Waals surface area (Å²) in [5.74, 6) is 0.801. The van der Waals surface area contributed by atoms with Crippen LogP contribution in [-0.2, 0) is 11.3 Å². The molecule has 0 unspecified atom stereocenters. The van der Waals surface area contributed by atoms with Gasteiger partial charge in [0.1, 0.15) is 23.3 Å². The average Bonchev–Trinajstić information content (AvgIpc) is 3.37. The summed E-state index contributed by atoms with van der Waals surface area (Å²) in [6.07, 6.45) is 5.42. The van der Waals surface area contributed by atoms with Crippen LogP contribution >= 0.6 is 0 Å². The smallest absolute Gasteiger partial charge is 0.295 e. The highest BCUT2D eigenvalue weighted by molar-refractivity contribution is 5.97. The molecule has 3 aromatic heterocycles. The van der Waals surface area contributed by atoms with Crippen LogP contribution < -0.4 is 10.9 Å². The summed E-state index contributed by atoms with van der Waals surface area (Å²) in [4.78, 5) is 43.7. The van der Waals surface area contributed by atoms with E-state index in [2.05, 4.69) is 16.9 Å². The zero-order valence-corrected chi connectivity index (χ0v) is 17.1. The van der Waals surface area contributed by atoms with E-state index in [9.17, 15) is 14.4 Å². The highest BCUT2D eigenvalue weighted by Gasteiger charge is 2.31. The van der Waals surface area contributed by atoms with Crippen LogP contribution in [0.2, 0.25) is 0 Å². The first-order chi connectivity index (χ1) is 14.3. The van der Waals surface area contributed by atoms with E-state index in [0.29, 0.717) is 24.4 Å². The molecule has 9 heteroatoms. The summed E-state index contributed by atoms with van der Waals surface area (Å²) in [5.41, 5.74) is 1.28. The van der Waals surface area contributed by atoms with Crippen molar-refractivity contribution in [3.8, 4) is 11.3 Å². The van der Waals surface area contributed by atoms with Crippen LogP contribution in [0.4, 0.5) is 0 Å². The summed E-state index contributed by atoms with van der Waals surface area (Å²) >= 11 is 0. The molecule has 156 valence electrons. The van der Waals surface area contributed by atoms with Crippen molar-refractivity contribution >= 4 is 17.5 Å². The second-order valence-corrected chi connectivity index (χ2v) is 7.48. The molecule has 3 aromatic rings. The lowest BCUT2D eigenvalue weighted by molar-refractivity contribution is -0.128. The molecule has 2 amide bonds. The van der Waals surface area contributed by atoms with E-state index in [1.54, 1.807) is 28.8 Å². The molecule has 0 bridgehead atoms. The Kier molecular flexibility index (Phi) is 4.81. The molecule has 0 spiro atoms. The van der Waals surface area contributed by atoms with Gasteiger partial charge in [0, 0.05) is 38.1 Å². The number of rotatable bonds is 5. The molecule has 4 rings (SSSR count). The van der Waals surface area contributed by atoms with Gasteiger partial charge in [-0.3, -0.25) is 23.4 Å².